The van der Waals surface area contributed by atoms with Gasteiger partial charge < -0.3 is 0 Å². The molecule has 0 atom stereocenters. The molecule has 0 aromatic heterocycles. The summed E-state index contributed by atoms with van der Waals surface area (Å²) in [6.45, 7) is 4.98. The van der Waals surface area contributed by atoms with E-state index in [0.29, 0.717) is 6.42 Å². The Balaban J connectivity index is 4.22. The van der Waals surface area contributed by atoms with Crippen LogP contribution in [0, 0.1) is 0 Å². The standard InChI is InChI=1S/C6H10O2S/c1-3-5-9(7,8)6-4-2/h5H,1,4,6H2,2H3. The molecular formula is C6H10O2S. The fourth-order valence-electron chi connectivity index (χ4n) is 0.470. The second-order valence-corrected chi connectivity index (χ2v) is 3.66. The first-order chi connectivity index (χ1) is 4.12. The van der Waals surface area contributed by atoms with Crippen molar-refractivity contribution < 1.29 is 8.42 Å². The molecule has 52 valence electrons. The number of sulfone groups is 1. The normalized spacial score (nSPS) is 10.3. The maximum atomic E-state index is 10.7. The molecule has 0 bridgehead atoms. The lowest BCUT2D eigenvalue weighted by Crippen LogP contribution is -1.99. The first-order valence-electron chi connectivity index (χ1n) is 2.71. The number of hydrogen-bond donors (Lipinski definition) is 0. The van der Waals surface area contributed by atoms with Crippen LogP contribution in [0.4, 0.5) is 0 Å². The van der Waals surface area contributed by atoms with E-state index in [1.54, 1.807) is 0 Å². The minimum absolute atomic E-state index is 0.190. The maximum absolute atomic E-state index is 10.7. The molecule has 0 aliphatic carbocycles. The lowest BCUT2D eigenvalue weighted by molar-refractivity contribution is 0.603. The quantitative estimate of drug-likeness (QED) is 0.559. The van der Waals surface area contributed by atoms with Gasteiger partial charge in [0.2, 0.25) is 0 Å². The van der Waals surface area contributed by atoms with Crippen LogP contribution in [0.25, 0.3) is 0 Å². The molecule has 0 N–H and O–H groups in total. The molecule has 0 aliphatic heterocycles. The molecule has 0 spiro atoms. The van der Waals surface area contributed by atoms with E-state index in [4.69, 9.17) is 0 Å². The van der Waals surface area contributed by atoms with E-state index in [2.05, 4.69) is 12.3 Å². The van der Waals surface area contributed by atoms with Crippen LogP contribution in [0.15, 0.2) is 17.7 Å². The third kappa shape index (κ3) is 4.01. The summed E-state index contributed by atoms with van der Waals surface area (Å²) in [5.41, 5.74) is 2.23. The summed E-state index contributed by atoms with van der Waals surface area (Å²) < 4.78 is 21.3. The molecule has 3 heteroatoms. The average Bonchev–Trinajstić information content (AvgIpc) is 1.64. The Labute approximate surface area is 55.8 Å². The lowest BCUT2D eigenvalue weighted by Gasteiger charge is -1.89. The fraction of sp³-hybridized carbons (Fsp3) is 0.500. The third-order valence-corrected chi connectivity index (χ3v) is 2.25. The van der Waals surface area contributed by atoms with Crippen molar-refractivity contribution in [3.05, 3.63) is 17.7 Å². The Morgan fingerprint density at radius 1 is 1.67 bits per heavy atom. The molecule has 0 heterocycles. The monoisotopic (exact) mass is 146 g/mol. The molecule has 9 heavy (non-hydrogen) atoms. The Morgan fingerprint density at radius 2 is 2.22 bits per heavy atom. The fourth-order valence-corrected chi connectivity index (χ4v) is 1.41. The van der Waals surface area contributed by atoms with Crippen LogP contribution in [0.5, 0.6) is 0 Å². The summed E-state index contributed by atoms with van der Waals surface area (Å²) in [5.74, 6) is 0.190. The molecule has 0 saturated carbocycles. The van der Waals surface area contributed by atoms with Gasteiger partial charge in [0.15, 0.2) is 9.84 Å². The summed E-state index contributed by atoms with van der Waals surface area (Å²) in [4.78, 5) is 0. The van der Waals surface area contributed by atoms with Crippen molar-refractivity contribution in [3.8, 4) is 0 Å². The van der Waals surface area contributed by atoms with Gasteiger partial charge in [0.05, 0.1) is 11.2 Å². The highest BCUT2D eigenvalue weighted by molar-refractivity contribution is 7.94. The van der Waals surface area contributed by atoms with Gasteiger partial charge in [0, 0.05) is 0 Å². The minimum Gasteiger partial charge on any atom is -0.224 e. The van der Waals surface area contributed by atoms with Crippen molar-refractivity contribution in [3.63, 3.8) is 0 Å². The number of rotatable bonds is 3. The van der Waals surface area contributed by atoms with Gasteiger partial charge in [-0.1, -0.05) is 13.5 Å². The van der Waals surface area contributed by atoms with Crippen molar-refractivity contribution in [2.24, 2.45) is 0 Å². The third-order valence-electron chi connectivity index (χ3n) is 0.752. The molecule has 0 amide bonds. The van der Waals surface area contributed by atoms with Gasteiger partial charge in [0.1, 0.15) is 0 Å². The van der Waals surface area contributed by atoms with E-state index < -0.39 is 9.84 Å². The van der Waals surface area contributed by atoms with E-state index in [1.165, 1.54) is 0 Å². The van der Waals surface area contributed by atoms with Crippen molar-refractivity contribution in [2.45, 2.75) is 13.3 Å². The van der Waals surface area contributed by atoms with Crippen LogP contribution < -0.4 is 0 Å². The molecule has 0 rings (SSSR count). The summed E-state index contributed by atoms with van der Waals surface area (Å²) >= 11 is 0. The Bertz CT molecular complexity index is 207. The largest absolute Gasteiger partial charge is 0.224 e. The molecule has 0 saturated heterocycles. The zero-order chi connectivity index (χ0) is 7.33. The van der Waals surface area contributed by atoms with Gasteiger partial charge >= 0.3 is 0 Å². The van der Waals surface area contributed by atoms with E-state index in [-0.39, 0.29) is 5.75 Å². The zero-order valence-electron chi connectivity index (χ0n) is 5.42. The highest BCUT2D eigenvalue weighted by Crippen LogP contribution is 1.92. The van der Waals surface area contributed by atoms with E-state index >= 15 is 0 Å². The first-order valence-corrected chi connectivity index (χ1v) is 4.42. The van der Waals surface area contributed by atoms with Gasteiger partial charge in [-0.15, -0.1) is 5.73 Å². The summed E-state index contributed by atoms with van der Waals surface area (Å²) in [6, 6.07) is 0. The lowest BCUT2D eigenvalue weighted by atomic mass is 10.6. The Kier molecular flexibility index (Phi) is 3.28. The van der Waals surface area contributed by atoms with E-state index in [0.717, 1.165) is 5.41 Å². The molecule has 0 aromatic carbocycles. The molecular weight excluding hydrogens is 136 g/mol. The molecule has 0 aliphatic rings. The van der Waals surface area contributed by atoms with Gasteiger partial charge in [-0.05, 0) is 6.42 Å². The average molecular weight is 146 g/mol. The second kappa shape index (κ2) is 3.49. The van der Waals surface area contributed by atoms with E-state index in [9.17, 15) is 8.42 Å². The zero-order valence-corrected chi connectivity index (χ0v) is 6.24. The van der Waals surface area contributed by atoms with Gasteiger partial charge in [-0.25, -0.2) is 8.42 Å². The van der Waals surface area contributed by atoms with Crippen molar-refractivity contribution in [1.29, 1.82) is 0 Å². The van der Waals surface area contributed by atoms with Gasteiger partial charge in [-0.3, -0.25) is 0 Å². The van der Waals surface area contributed by atoms with Gasteiger partial charge in [0.25, 0.3) is 0 Å². The second-order valence-electron chi connectivity index (χ2n) is 1.69. The summed E-state index contributed by atoms with van der Waals surface area (Å²) in [6.07, 6.45) is 0.639. The Morgan fingerprint density at radius 3 is 2.56 bits per heavy atom. The minimum atomic E-state index is -2.98. The van der Waals surface area contributed by atoms with Gasteiger partial charge in [-0.2, -0.15) is 0 Å². The van der Waals surface area contributed by atoms with Crippen LogP contribution in [-0.4, -0.2) is 14.2 Å². The summed E-state index contributed by atoms with van der Waals surface area (Å²) in [7, 11) is -2.98. The van der Waals surface area contributed by atoms with Crippen molar-refractivity contribution in [2.75, 3.05) is 5.75 Å². The molecule has 0 aromatic rings. The van der Waals surface area contributed by atoms with Crippen LogP contribution >= 0.6 is 0 Å². The van der Waals surface area contributed by atoms with Crippen LogP contribution in [0.1, 0.15) is 13.3 Å². The smallest absolute Gasteiger partial charge is 0.178 e. The summed E-state index contributed by atoms with van der Waals surface area (Å²) in [5, 5.41) is 1.01. The van der Waals surface area contributed by atoms with Crippen LogP contribution in [0.3, 0.4) is 0 Å². The highest BCUT2D eigenvalue weighted by atomic mass is 32.2. The topological polar surface area (TPSA) is 34.1 Å². The van der Waals surface area contributed by atoms with Crippen molar-refractivity contribution >= 4 is 9.84 Å². The predicted molar refractivity (Wildman–Crippen MR) is 37.8 cm³/mol. The van der Waals surface area contributed by atoms with Crippen molar-refractivity contribution in [1.82, 2.24) is 0 Å². The number of hydrogen-bond acceptors (Lipinski definition) is 2. The SMILES string of the molecule is C=C=CS(=O)(=O)CCC. The van der Waals surface area contributed by atoms with Crippen LogP contribution in [0.2, 0.25) is 0 Å². The van der Waals surface area contributed by atoms with Crippen LogP contribution in [-0.2, 0) is 9.84 Å². The first kappa shape index (κ1) is 8.47. The molecule has 0 radical (unpaired) electrons. The predicted octanol–water partition coefficient (Wildman–Crippen LogP) is 1.11. The molecule has 2 nitrogen and oxygen atoms in total. The maximum Gasteiger partial charge on any atom is 0.178 e. The van der Waals surface area contributed by atoms with E-state index in [1.807, 2.05) is 6.92 Å². The Hall–Kier alpha value is -0.530. The molecule has 0 unspecified atom stereocenters. The molecule has 0 fully saturated rings. The highest BCUT2D eigenvalue weighted by Gasteiger charge is 2.00.